The van der Waals surface area contributed by atoms with Gasteiger partial charge >= 0.3 is 0 Å². The van der Waals surface area contributed by atoms with Gasteiger partial charge in [0.1, 0.15) is 0 Å². The van der Waals surface area contributed by atoms with Crippen LogP contribution in [0.1, 0.15) is 64.3 Å². The van der Waals surface area contributed by atoms with E-state index in [1.807, 2.05) is 28.8 Å². The fraction of sp³-hybridized carbons (Fsp3) is 0.609. The first-order valence-corrected chi connectivity index (χ1v) is 12.1. The summed E-state index contributed by atoms with van der Waals surface area (Å²) in [5.41, 5.74) is 0.762. The molecule has 3 fully saturated rings. The summed E-state index contributed by atoms with van der Waals surface area (Å²) in [6, 6.07) is 8.63. The molecule has 1 amide bonds. The van der Waals surface area contributed by atoms with Crippen molar-refractivity contribution in [3.8, 4) is 0 Å². The minimum absolute atomic E-state index is 0.0355. The summed E-state index contributed by atoms with van der Waals surface area (Å²) in [5.74, 6) is 1.38. The molecule has 5 nitrogen and oxygen atoms in total. The minimum atomic E-state index is 0.0355. The number of para-hydroxylation sites is 1. The van der Waals surface area contributed by atoms with Crippen molar-refractivity contribution >= 4 is 28.6 Å². The molecule has 0 atom stereocenters. The Morgan fingerprint density at radius 3 is 2.38 bits per heavy atom. The van der Waals surface area contributed by atoms with E-state index in [-0.39, 0.29) is 17.5 Å². The number of benzene rings is 1. The van der Waals surface area contributed by atoms with Gasteiger partial charge in [0.2, 0.25) is 5.91 Å². The van der Waals surface area contributed by atoms with Crippen molar-refractivity contribution in [2.24, 2.45) is 5.92 Å². The number of carbonyl (C=O) groups is 1. The lowest BCUT2D eigenvalue weighted by Gasteiger charge is -2.36. The van der Waals surface area contributed by atoms with Gasteiger partial charge in [0.25, 0.3) is 5.56 Å². The molecule has 154 valence electrons. The molecule has 0 aliphatic heterocycles. The van der Waals surface area contributed by atoms with Crippen LogP contribution in [0.3, 0.4) is 0 Å². The van der Waals surface area contributed by atoms with Gasteiger partial charge in [0, 0.05) is 18.1 Å². The Labute approximate surface area is 175 Å². The van der Waals surface area contributed by atoms with E-state index in [2.05, 4.69) is 11.8 Å². The van der Waals surface area contributed by atoms with Gasteiger partial charge in [-0.25, -0.2) is 4.98 Å². The standard InChI is InChI=1S/C23H29N3O2S/c1-15-6-8-16(9-7-15)25(17-10-11-17)21(27)14-29-23-24-20-5-3-2-4-19(20)22(28)26(23)18-12-13-18/h2-5,15-18H,6-14H2,1H3. The van der Waals surface area contributed by atoms with Gasteiger partial charge in [-0.1, -0.05) is 30.8 Å². The summed E-state index contributed by atoms with van der Waals surface area (Å²) in [6.45, 7) is 2.32. The number of nitrogens with zero attached hydrogens (tertiary/aromatic N) is 3. The summed E-state index contributed by atoms with van der Waals surface area (Å²) >= 11 is 1.45. The maximum Gasteiger partial charge on any atom is 0.262 e. The molecule has 0 saturated heterocycles. The molecule has 6 heteroatoms. The molecule has 0 bridgehead atoms. The molecule has 0 N–H and O–H groups in total. The highest BCUT2D eigenvalue weighted by atomic mass is 32.2. The molecule has 2 aromatic rings. The Morgan fingerprint density at radius 1 is 1.07 bits per heavy atom. The summed E-state index contributed by atoms with van der Waals surface area (Å²) in [5, 5.41) is 1.38. The Kier molecular flexibility index (Phi) is 5.14. The Bertz CT molecular complexity index is 972. The molecule has 3 aliphatic rings. The third-order valence-electron chi connectivity index (χ3n) is 6.62. The molecular weight excluding hydrogens is 382 g/mol. The second-order valence-electron chi connectivity index (χ2n) is 9.05. The topological polar surface area (TPSA) is 55.2 Å². The zero-order valence-corrected chi connectivity index (χ0v) is 17.9. The smallest absolute Gasteiger partial charge is 0.262 e. The van der Waals surface area contributed by atoms with Gasteiger partial charge in [-0.15, -0.1) is 0 Å². The van der Waals surface area contributed by atoms with E-state index in [0.29, 0.717) is 28.4 Å². The lowest BCUT2D eigenvalue weighted by Crippen LogP contribution is -2.44. The van der Waals surface area contributed by atoms with Gasteiger partial charge < -0.3 is 4.90 Å². The predicted molar refractivity (Wildman–Crippen MR) is 116 cm³/mol. The largest absolute Gasteiger partial charge is 0.336 e. The Morgan fingerprint density at radius 2 is 1.72 bits per heavy atom. The first-order valence-electron chi connectivity index (χ1n) is 11.1. The van der Waals surface area contributed by atoms with Crippen LogP contribution in [0.2, 0.25) is 0 Å². The van der Waals surface area contributed by atoms with Gasteiger partial charge in [-0.05, 0) is 69.4 Å². The number of fused-ring (bicyclic) bond motifs is 1. The third kappa shape index (κ3) is 3.96. The van der Waals surface area contributed by atoms with E-state index < -0.39 is 0 Å². The average Bonchev–Trinajstić information content (AvgIpc) is 3.62. The lowest BCUT2D eigenvalue weighted by atomic mass is 9.86. The normalized spacial score (nSPS) is 24.6. The highest BCUT2D eigenvalue weighted by Gasteiger charge is 2.38. The van der Waals surface area contributed by atoms with Crippen LogP contribution in [0, 0.1) is 5.92 Å². The van der Waals surface area contributed by atoms with Crippen molar-refractivity contribution in [3.05, 3.63) is 34.6 Å². The van der Waals surface area contributed by atoms with E-state index >= 15 is 0 Å². The monoisotopic (exact) mass is 411 g/mol. The van der Waals surface area contributed by atoms with Crippen LogP contribution in [-0.2, 0) is 4.79 Å². The number of amides is 1. The quantitative estimate of drug-likeness (QED) is 0.522. The Balaban J connectivity index is 1.36. The molecule has 5 rings (SSSR count). The molecule has 3 saturated carbocycles. The predicted octanol–water partition coefficient (Wildman–Crippen LogP) is 4.39. The number of hydrogen-bond donors (Lipinski definition) is 0. The second kappa shape index (κ2) is 7.78. The number of carbonyl (C=O) groups excluding carboxylic acids is 1. The number of aromatic nitrogens is 2. The van der Waals surface area contributed by atoms with Crippen molar-refractivity contribution in [2.75, 3.05) is 5.75 Å². The van der Waals surface area contributed by atoms with E-state index in [1.54, 1.807) is 0 Å². The van der Waals surface area contributed by atoms with Crippen molar-refractivity contribution < 1.29 is 4.79 Å². The maximum absolute atomic E-state index is 13.2. The number of rotatable bonds is 6. The molecular formula is C23H29N3O2S. The van der Waals surface area contributed by atoms with Crippen LogP contribution in [0.15, 0.2) is 34.2 Å². The fourth-order valence-corrected chi connectivity index (χ4v) is 5.60. The average molecular weight is 412 g/mol. The van der Waals surface area contributed by atoms with E-state index in [4.69, 9.17) is 4.98 Å². The maximum atomic E-state index is 13.2. The zero-order valence-electron chi connectivity index (χ0n) is 17.0. The van der Waals surface area contributed by atoms with Crippen molar-refractivity contribution in [1.29, 1.82) is 0 Å². The Hall–Kier alpha value is -1.82. The van der Waals surface area contributed by atoms with E-state index in [0.717, 1.165) is 50.0 Å². The van der Waals surface area contributed by atoms with Gasteiger partial charge in [0.05, 0.1) is 16.7 Å². The van der Waals surface area contributed by atoms with E-state index in [1.165, 1.54) is 24.6 Å². The van der Waals surface area contributed by atoms with Crippen molar-refractivity contribution in [2.45, 2.75) is 81.6 Å². The highest BCUT2D eigenvalue weighted by Crippen LogP contribution is 2.38. The summed E-state index contributed by atoms with van der Waals surface area (Å²) in [7, 11) is 0. The molecule has 3 aliphatic carbocycles. The molecule has 0 radical (unpaired) electrons. The van der Waals surface area contributed by atoms with Crippen LogP contribution in [-0.4, -0.2) is 38.2 Å². The molecule has 0 unspecified atom stereocenters. The first-order chi connectivity index (χ1) is 14.1. The molecule has 1 aromatic carbocycles. The summed E-state index contributed by atoms with van der Waals surface area (Å²) < 4.78 is 1.84. The minimum Gasteiger partial charge on any atom is -0.336 e. The van der Waals surface area contributed by atoms with Crippen LogP contribution < -0.4 is 5.56 Å². The molecule has 29 heavy (non-hydrogen) atoms. The number of thioether (sulfide) groups is 1. The number of hydrogen-bond acceptors (Lipinski definition) is 4. The molecule has 0 spiro atoms. The van der Waals surface area contributed by atoms with Crippen LogP contribution in [0.4, 0.5) is 0 Å². The molecule has 1 aromatic heterocycles. The van der Waals surface area contributed by atoms with Gasteiger partial charge in [0.15, 0.2) is 5.16 Å². The van der Waals surface area contributed by atoms with Crippen LogP contribution in [0.5, 0.6) is 0 Å². The SMILES string of the molecule is CC1CCC(N(C(=O)CSc2nc3ccccc3c(=O)n2C2CC2)C2CC2)CC1. The first kappa shape index (κ1) is 19.2. The van der Waals surface area contributed by atoms with Gasteiger partial charge in [-0.2, -0.15) is 0 Å². The molecule has 1 heterocycles. The van der Waals surface area contributed by atoms with E-state index in [9.17, 15) is 9.59 Å². The van der Waals surface area contributed by atoms with Crippen molar-refractivity contribution in [1.82, 2.24) is 14.5 Å². The van der Waals surface area contributed by atoms with Crippen LogP contribution in [0.25, 0.3) is 10.9 Å². The second-order valence-corrected chi connectivity index (χ2v) is 9.99. The highest BCUT2D eigenvalue weighted by molar-refractivity contribution is 7.99. The van der Waals surface area contributed by atoms with Crippen molar-refractivity contribution in [3.63, 3.8) is 0 Å². The zero-order chi connectivity index (χ0) is 20.0. The fourth-order valence-electron chi connectivity index (χ4n) is 4.66. The van der Waals surface area contributed by atoms with Gasteiger partial charge in [-0.3, -0.25) is 14.2 Å². The third-order valence-corrected chi connectivity index (χ3v) is 7.56. The summed E-state index contributed by atoms with van der Waals surface area (Å²) in [6.07, 6.45) is 9.05. The lowest BCUT2D eigenvalue weighted by molar-refractivity contribution is -0.132. The van der Waals surface area contributed by atoms with Crippen LogP contribution >= 0.6 is 11.8 Å². The summed E-state index contributed by atoms with van der Waals surface area (Å²) in [4.78, 5) is 33.2.